The maximum Gasteiger partial charge on any atom is 0.315 e. The quantitative estimate of drug-likeness (QED) is 0.482. The number of nitrogens with two attached hydrogens (primary N) is 1. The molecule has 4 N–H and O–H groups in total. The highest BCUT2D eigenvalue weighted by Gasteiger charge is 2.48. The molecule has 5 nitrogen and oxygen atoms in total. The molecule has 6 heteroatoms. The Balaban J connectivity index is 0.000000285. The normalized spacial score (nSPS) is 29.5. The number of fused-ring (bicyclic) bond motifs is 2. The Hall–Kier alpha value is -1.69. The van der Waals surface area contributed by atoms with Gasteiger partial charge in [0.1, 0.15) is 0 Å². The van der Waals surface area contributed by atoms with Crippen molar-refractivity contribution < 1.29 is 9.59 Å². The molecule has 0 aliphatic heterocycles. The standard InChI is InChI=1S/C16H29N3O2.C9H12S/c1-9(2)18-15(21)19-13-10(3)5-11-6-12(13)8-16(4,7-11)14(17)20;1-2-3-8-4-6-9(10)7-5-8/h9-13H,5-8H2,1-4H3,(H2,17,20)(H2,18,19,21);4-7,10H,2-3H2,1H3. The number of rotatable bonds is 5. The van der Waals surface area contributed by atoms with E-state index in [4.69, 9.17) is 5.73 Å². The van der Waals surface area contributed by atoms with E-state index in [0.717, 1.165) is 30.6 Å². The molecule has 0 aromatic heterocycles. The van der Waals surface area contributed by atoms with Crippen molar-refractivity contribution in [3.05, 3.63) is 29.8 Å². The number of primary amides is 1. The molecule has 1 aromatic carbocycles. The van der Waals surface area contributed by atoms with Gasteiger partial charge < -0.3 is 16.4 Å². The van der Waals surface area contributed by atoms with Crippen LogP contribution in [0.25, 0.3) is 0 Å². The van der Waals surface area contributed by atoms with Crippen molar-refractivity contribution in [1.29, 1.82) is 0 Å². The van der Waals surface area contributed by atoms with Crippen molar-refractivity contribution in [2.45, 2.75) is 90.1 Å². The van der Waals surface area contributed by atoms with E-state index in [2.05, 4.69) is 49.2 Å². The number of benzene rings is 1. The fourth-order valence-corrected chi connectivity index (χ4v) is 5.50. The summed E-state index contributed by atoms with van der Waals surface area (Å²) in [6.07, 6.45) is 6.23. The SMILES string of the molecule is CC(C)NC(=O)NC1C(C)CC2CC1CC(C)(C(N)=O)C2.CCCc1ccc(S)cc1. The highest BCUT2D eigenvalue weighted by molar-refractivity contribution is 7.80. The zero-order valence-corrected chi connectivity index (χ0v) is 20.7. The Morgan fingerprint density at radius 3 is 2.39 bits per heavy atom. The van der Waals surface area contributed by atoms with Crippen LogP contribution < -0.4 is 16.4 Å². The van der Waals surface area contributed by atoms with Crippen LogP contribution in [0.5, 0.6) is 0 Å². The Bertz CT molecular complexity index is 735. The molecular weight excluding hydrogens is 406 g/mol. The number of carbonyl (C=O) groups is 2. The van der Waals surface area contributed by atoms with Crippen LogP contribution >= 0.6 is 12.6 Å². The molecule has 2 bridgehead atoms. The molecule has 0 radical (unpaired) electrons. The van der Waals surface area contributed by atoms with Crippen molar-refractivity contribution in [2.75, 3.05) is 0 Å². The number of urea groups is 1. The predicted molar refractivity (Wildman–Crippen MR) is 130 cm³/mol. The van der Waals surface area contributed by atoms with Gasteiger partial charge in [0.25, 0.3) is 0 Å². The van der Waals surface area contributed by atoms with Gasteiger partial charge in [-0.25, -0.2) is 4.79 Å². The minimum atomic E-state index is -0.415. The lowest BCUT2D eigenvalue weighted by atomic mass is 9.57. The third kappa shape index (κ3) is 7.44. The third-order valence-corrected chi connectivity index (χ3v) is 7.00. The molecule has 5 atom stereocenters. The molecular formula is C25H41N3O2S. The van der Waals surface area contributed by atoms with Crippen LogP contribution in [0.4, 0.5) is 4.79 Å². The second kappa shape index (κ2) is 11.3. The first-order chi connectivity index (χ1) is 14.5. The van der Waals surface area contributed by atoms with E-state index in [1.54, 1.807) is 0 Å². The van der Waals surface area contributed by atoms with Gasteiger partial charge in [-0.05, 0) is 81.4 Å². The Kier molecular flexibility index (Phi) is 9.28. The molecule has 5 unspecified atom stereocenters. The van der Waals surface area contributed by atoms with E-state index >= 15 is 0 Å². The largest absolute Gasteiger partial charge is 0.369 e. The number of thiol groups is 1. The molecule has 0 spiro atoms. The minimum Gasteiger partial charge on any atom is -0.369 e. The van der Waals surface area contributed by atoms with E-state index < -0.39 is 5.41 Å². The first-order valence-electron chi connectivity index (χ1n) is 11.7. The third-order valence-electron chi connectivity index (χ3n) is 6.70. The van der Waals surface area contributed by atoms with Crippen LogP contribution in [0.15, 0.2) is 29.2 Å². The second-order valence-electron chi connectivity index (χ2n) is 10.1. The lowest BCUT2D eigenvalue weighted by Gasteiger charge is -2.50. The van der Waals surface area contributed by atoms with E-state index in [1.807, 2.05) is 32.9 Å². The number of nitrogens with one attached hydrogen (secondary N) is 2. The van der Waals surface area contributed by atoms with Crippen molar-refractivity contribution in [3.63, 3.8) is 0 Å². The summed E-state index contributed by atoms with van der Waals surface area (Å²) in [6, 6.07) is 8.49. The van der Waals surface area contributed by atoms with E-state index in [9.17, 15) is 9.59 Å². The molecule has 3 rings (SSSR count). The van der Waals surface area contributed by atoms with E-state index in [1.165, 1.54) is 18.4 Å². The van der Waals surface area contributed by atoms with Crippen LogP contribution in [0, 0.1) is 23.2 Å². The molecule has 1 aromatic rings. The summed E-state index contributed by atoms with van der Waals surface area (Å²) in [5.41, 5.74) is 6.60. The smallest absolute Gasteiger partial charge is 0.315 e. The summed E-state index contributed by atoms with van der Waals surface area (Å²) in [6.45, 7) is 10.3. The monoisotopic (exact) mass is 447 g/mol. The molecule has 2 fully saturated rings. The summed E-state index contributed by atoms with van der Waals surface area (Å²) in [5, 5.41) is 6.02. The van der Waals surface area contributed by atoms with Gasteiger partial charge >= 0.3 is 6.03 Å². The van der Waals surface area contributed by atoms with Crippen LogP contribution in [0.1, 0.15) is 72.3 Å². The number of aryl methyl sites for hydroxylation is 1. The Labute approximate surface area is 193 Å². The molecule has 3 amide bonds. The average molecular weight is 448 g/mol. The molecule has 2 aliphatic rings. The number of hydrogen-bond acceptors (Lipinski definition) is 3. The zero-order valence-electron chi connectivity index (χ0n) is 19.8. The van der Waals surface area contributed by atoms with Gasteiger partial charge in [-0.2, -0.15) is 0 Å². The maximum absolute atomic E-state index is 12.0. The summed E-state index contributed by atoms with van der Waals surface area (Å²) in [7, 11) is 0. The van der Waals surface area contributed by atoms with Crippen LogP contribution in [0.3, 0.4) is 0 Å². The molecule has 2 aliphatic carbocycles. The minimum absolute atomic E-state index is 0.105. The molecule has 0 heterocycles. The zero-order chi connectivity index (χ0) is 23.2. The molecule has 0 saturated heterocycles. The van der Waals surface area contributed by atoms with Gasteiger partial charge in [0.2, 0.25) is 5.91 Å². The summed E-state index contributed by atoms with van der Waals surface area (Å²) in [4.78, 5) is 24.8. The predicted octanol–water partition coefficient (Wildman–Crippen LogP) is 4.94. The molecule has 31 heavy (non-hydrogen) atoms. The Morgan fingerprint density at radius 1 is 1.19 bits per heavy atom. The van der Waals surface area contributed by atoms with E-state index in [-0.39, 0.29) is 24.0 Å². The topological polar surface area (TPSA) is 84.2 Å². The van der Waals surface area contributed by atoms with Gasteiger partial charge in [-0.3, -0.25) is 4.79 Å². The summed E-state index contributed by atoms with van der Waals surface area (Å²) < 4.78 is 0. The summed E-state index contributed by atoms with van der Waals surface area (Å²) >= 11 is 4.20. The molecule has 174 valence electrons. The lowest BCUT2D eigenvalue weighted by molar-refractivity contribution is -0.132. The Morgan fingerprint density at radius 2 is 1.84 bits per heavy atom. The van der Waals surface area contributed by atoms with Crippen LogP contribution in [-0.2, 0) is 11.2 Å². The molecule has 2 saturated carbocycles. The summed E-state index contributed by atoms with van der Waals surface area (Å²) in [5.74, 6) is 1.16. The second-order valence-corrected chi connectivity index (χ2v) is 10.6. The number of amides is 3. The number of hydrogen-bond donors (Lipinski definition) is 4. The van der Waals surface area contributed by atoms with Crippen molar-refractivity contribution in [1.82, 2.24) is 10.6 Å². The lowest BCUT2D eigenvalue weighted by Crippen LogP contribution is -2.56. The number of carbonyl (C=O) groups excluding carboxylic acids is 2. The van der Waals surface area contributed by atoms with Crippen molar-refractivity contribution in [2.24, 2.45) is 28.9 Å². The first kappa shape index (κ1) is 25.6. The van der Waals surface area contributed by atoms with Gasteiger partial charge in [0.15, 0.2) is 0 Å². The van der Waals surface area contributed by atoms with Crippen LogP contribution in [-0.4, -0.2) is 24.0 Å². The van der Waals surface area contributed by atoms with E-state index in [0.29, 0.717) is 17.8 Å². The average Bonchev–Trinajstić information content (AvgIpc) is 2.66. The highest BCUT2D eigenvalue weighted by Crippen LogP contribution is 2.50. The van der Waals surface area contributed by atoms with Crippen molar-refractivity contribution >= 4 is 24.6 Å². The van der Waals surface area contributed by atoms with Crippen molar-refractivity contribution in [3.8, 4) is 0 Å². The maximum atomic E-state index is 12.0. The van der Waals surface area contributed by atoms with Gasteiger partial charge in [0, 0.05) is 22.4 Å². The van der Waals surface area contributed by atoms with Gasteiger partial charge in [-0.1, -0.05) is 39.3 Å². The van der Waals surface area contributed by atoms with Gasteiger partial charge in [0.05, 0.1) is 0 Å². The van der Waals surface area contributed by atoms with Crippen LogP contribution in [0.2, 0.25) is 0 Å². The fourth-order valence-electron chi connectivity index (χ4n) is 5.35. The first-order valence-corrected chi connectivity index (χ1v) is 12.1. The fraction of sp³-hybridized carbons (Fsp3) is 0.680. The van der Waals surface area contributed by atoms with Gasteiger partial charge in [-0.15, -0.1) is 12.6 Å². The highest BCUT2D eigenvalue weighted by atomic mass is 32.1.